The standard InChI is InChI=1S/C19H29N3O2/c1-19(2,3)14-9-11-15(12-10-14)21-22-18(23)13-20-16-7-5-6-8-17(16)24-4/h5-8,14,20H,9-13H2,1-4H3,(H,22,23). The van der Waals surface area contributed by atoms with Crippen LogP contribution in [-0.2, 0) is 4.79 Å². The summed E-state index contributed by atoms with van der Waals surface area (Å²) >= 11 is 0. The second-order valence-electron chi connectivity index (χ2n) is 7.41. The molecule has 5 heteroatoms. The van der Waals surface area contributed by atoms with Gasteiger partial charge in [-0.1, -0.05) is 32.9 Å². The van der Waals surface area contributed by atoms with E-state index < -0.39 is 0 Å². The zero-order chi connectivity index (χ0) is 17.6. The largest absolute Gasteiger partial charge is 0.495 e. The van der Waals surface area contributed by atoms with E-state index in [0.717, 1.165) is 48.7 Å². The second kappa shape index (κ2) is 8.18. The summed E-state index contributed by atoms with van der Waals surface area (Å²) in [6, 6.07) is 7.53. The van der Waals surface area contributed by atoms with E-state index in [0.29, 0.717) is 5.41 Å². The molecule has 5 nitrogen and oxygen atoms in total. The van der Waals surface area contributed by atoms with Gasteiger partial charge in [-0.15, -0.1) is 0 Å². The predicted molar refractivity (Wildman–Crippen MR) is 98.5 cm³/mol. The van der Waals surface area contributed by atoms with Crippen molar-refractivity contribution in [1.82, 2.24) is 5.43 Å². The highest BCUT2D eigenvalue weighted by Gasteiger charge is 2.28. The lowest BCUT2D eigenvalue weighted by atomic mass is 9.72. The summed E-state index contributed by atoms with van der Waals surface area (Å²) in [5.74, 6) is 1.31. The van der Waals surface area contributed by atoms with Crippen molar-refractivity contribution in [2.45, 2.75) is 46.5 Å². The van der Waals surface area contributed by atoms with Crippen LogP contribution < -0.4 is 15.5 Å². The number of carbonyl (C=O) groups excluding carboxylic acids is 1. The molecule has 24 heavy (non-hydrogen) atoms. The third-order valence-electron chi connectivity index (χ3n) is 4.67. The lowest BCUT2D eigenvalue weighted by Gasteiger charge is -2.34. The van der Waals surface area contributed by atoms with Crippen LogP contribution in [0.2, 0.25) is 0 Å². The van der Waals surface area contributed by atoms with E-state index in [1.54, 1.807) is 7.11 Å². The molecule has 1 aromatic rings. The maximum atomic E-state index is 12.0. The zero-order valence-corrected chi connectivity index (χ0v) is 15.2. The summed E-state index contributed by atoms with van der Waals surface area (Å²) in [6.45, 7) is 7.06. The normalized spacial score (nSPS) is 18.0. The number of ether oxygens (including phenoxy) is 1. The molecule has 0 unspecified atom stereocenters. The summed E-state index contributed by atoms with van der Waals surface area (Å²) in [7, 11) is 1.61. The Morgan fingerprint density at radius 2 is 1.92 bits per heavy atom. The molecule has 1 fully saturated rings. The van der Waals surface area contributed by atoms with Gasteiger partial charge < -0.3 is 10.1 Å². The number of benzene rings is 1. The molecule has 2 rings (SSSR count). The first-order chi connectivity index (χ1) is 11.4. The molecule has 132 valence electrons. The Balaban J connectivity index is 1.77. The Kier molecular flexibility index (Phi) is 6.23. The van der Waals surface area contributed by atoms with Crippen LogP contribution >= 0.6 is 0 Å². The third kappa shape index (κ3) is 5.25. The van der Waals surface area contributed by atoms with Gasteiger partial charge in [0.2, 0.25) is 0 Å². The SMILES string of the molecule is COc1ccccc1NCC(=O)NN=C1CCC(C(C)(C)C)CC1. The first-order valence-corrected chi connectivity index (χ1v) is 8.61. The van der Waals surface area contributed by atoms with Crippen molar-refractivity contribution in [2.75, 3.05) is 19.0 Å². The molecule has 1 aliphatic rings. The van der Waals surface area contributed by atoms with Gasteiger partial charge >= 0.3 is 0 Å². The monoisotopic (exact) mass is 331 g/mol. The number of nitrogens with zero attached hydrogens (tertiary/aromatic N) is 1. The third-order valence-corrected chi connectivity index (χ3v) is 4.67. The van der Waals surface area contributed by atoms with Crippen molar-refractivity contribution < 1.29 is 9.53 Å². The molecule has 0 saturated heterocycles. The van der Waals surface area contributed by atoms with Crippen LogP contribution in [0.3, 0.4) is 0 Å². The smallest absolute Gasteiger partial charge is 0.259 e. The van der Waals surface area contributed by atoms with Crippen LogP contribution in [0.4, 0.5) is 5.69 Å². The maximum absolute atomic E-state index is 12.0. The maximum Gasteiger partial charge on any atom is 0.259 e. The van der Waals surface area contributed by atoms with Crippen LogP contribution in [0, 0.1) is 11.3 Å². The molecular weight excluding hydrogens is 302 g/mol. The lowest BCUT2D eigenvalue weighted by Crippen LogP contribution is -2.29. The molecule has 1 aliphatic carbocycles. The number of hydrazone groups is 1. The molecular formula is C19H29N3O2. The van der Waals surface area contributed by atoms with Gasteiger partial charge in [-0.3, -0.25) is 4.79 Å². The van der Waals surface area contributed by atoms with E-state index in [-0.39, 0.29) is 12.5 Å². The molecule has 1 aromatic carbocycles. The number of carbonyl (C=O) groups is 1. The van der Waals surface area contributed by atoms with Gasteiger partial charge in [0, 0.05) is 5.71 Å². The topological polar surface area (TPSA) is 62.7 Å². The fourth-order valence-electron chi connectivity index (χ4n) is 3.08. The van der Waals surface area contributed by atoms with Crippen molar-refractivity contribution >= 4 is 17.3 Å². The molecule has 1 amide bonds. The number of hydrogen-bond acceptors (Lipinski definition) is 4. The molecule has 0 heterocycles. The Hall–Kier alpha value is -2.04. The van der Waals surface area contributed by atoms with Crippen LogP contribution in [-0.4, -0.2) is 25.3 Å². The van der Waals surface area contributed by atoms with Gasteiger partial charge in [-0.05, 0) is 49.1 Å². The van der Waals surface area contributed by atoms with E-state index >= 15 is 0 Å². The summed E-state index contributed by atoms with van der Waals surface area (Å²) < 4.78 is 5.25. The van der Waals surface area contributed by atoms with E-state index in [2.05, 4.69) is 36.6 Å². The average Bonchev–Trinajstić information content (AvgIpc) is 2.58. The number of para-hydroxylation sites is 2. The molecule has 0 spiro atoms. The van der Waals surface area contributed by atoms with Crippen molar-refractivity contribution in [2.24, 2.45) is 16.4 Å². The minimum absolute atomic E-state index is 0.147. The number of hydrogen-bond donors (Lipinski definition) is 2. The van der Waals surface area contributed by atoms with Gasteiger partial charge in [-0.2, -0.15) is 5.10 Å². The number of amides is 1. The molecule has 0 aliphatic heterocycles. The van der Waals surface area contributed by atoms with Crippen LogP contribution in [0.5, 0.6) is 5.75 Å². The molecule has 0 radical (unpaired) electrons. The Morgan fingerprint density at radius 1 is 1.25 bits per heavy atom. The van der Waals surface area contributed by atoms with Gasteiger partial charge in [-0.25, -0.2) is 5.43 Å². The van der Waals surface area contributed by atoms with Gasteiger partial charge in [0.15, 0.2) is 0 Å². The highest BCUT2D eigenvalue weighted by molar-refractivity contribution is 5.88. The van der Waals surface area contributed by atoms with Crippen LogP contribution in [0.25, 0.3) is 0 Å². The van der Waals surface area contributed by atoms with E-state index in [9.17, 15) is 4.79 Å². The Morgan fingerprint density at radius 3 is 2.54 bits per heavy atom. The van der Waals surface area contributed by atoms with E-state index in [1.165, 1.54) is 0 Å². The summed E-state index contributed by atoms with van der Waals surface area (Å²) in [5, 5.41) is 7.37. The molecule has 0 bridgehead atoms. The lowest BCUT2D eigenvalue weighted by molar-refractivity contribution is -0.119. The predicted octanol–water partition coefficient (Wildman–Crippen LogP) is 3.82. The average molecular weight is 331 g/mol. The van der Waals surface area contributed by atoms with Gasteiger partial charge in [0.1, 0.15) is 5.75 Å². The molecule has 0 aromatic heterocycles. The first-order valence-electron chi connectivity index (χ1n) is 8.61. The number of nitrogens with one attached hydrogen (secondary N) is 2. The minimum atomic E-state index is -0.147. The summed E-state index contributed by atoms with van der Waals surface area (Å²) in [5.41, 5.74) is 4.91. The highest BCUT2D eigenvalue weighted by atomic mass is 16.5. The van der Waals surface area contributed by atoms with Crippen molar-refractivity contribution in [3.63, 3.8) is 0 Å². The second-order valence-corrected chi connectivity index (χ2v) is 7.41. The highest BCUT2D eigenvalue weighted by Crippen LogP contribution is 2.36. The fraction of sp³-hybridized carbons (Fsp3) is 0.579. The van der Waals surface area contributed by atoms with Crippen molar-refractivity contribution in [3.8, 4) is 5.75 Å². The van der Waals surface area contributed by atoms with Crippen molar-refractivity contribution in [3.05, 3.63) is 24.3 Å². The zero-order valence-electron chi connectivity index (χ0n) is 15.2. The quantitative estimate of drug-likeness (QED) is 0.806. The van der Waals surface area contributed by atoms with E-state index in [4.69, 9.17) is 4.74 Å². The van der Waals surface area contributed by atoms with Crippen LogP contribution in [0.15, 0.2) is 29.4 Å². The molecule has 0 atom stereocenters. The van der Waals surface area contributed by atoms with Crippen LogP contribution in [0.1, 0.15) is 46.5 Å². The number of methoxy groups -OCH3 is 1. The van der Waals surface area contributed by atoms with Gasteiger partial charge in [0.25, 0.3) is 5.91 Å². The van der Waals surface area contributed by atoms with E-state index in [1.807, 2.05) is 24.3 Å². The van der Waals surface area contributed by atoms with Gasteiger partial charge in [0.05, 0.1) is 19.3 Å². The number of anilines is 1. The summed E-state index contributed by atoms with van der Waals surface area (Å²) in [4.78, 5) is 12.0. The minimum Gasteiger partial charge on any atom is -0.495 e. The molecule has 1 saturated carbocycles. The molecule has 2 N–H and O–H groups in total. The first kappa shape index (κ1) is 18.3. The Bertz CT molecular complexity index is 581. The Labute approximate surface area is 144 Å². The van der Waals surface area contributed by atoms with Crippen molar-refractivity contribution in [1.29, 1.82) is 0 Å². The number of rotatable bonds is 5. The summed E-state index contributed by atoms with van der Waals surface area (Å²) in [6.07, 6.45) is 4.25. The fourth-order valence-corrected chi connectivity index (χ4v) is 3.08.